The van der Waals surface area contributed by atoms with Gasteiger partial charge in [0.05, 0.1) is 13.2 Å². The average Bonchev–Trinajstić information content (AvgIpc) is 2.05. The maximum absolute atomic E-state index is 5.38. The van der Waals surface area contributed by atoms with Crippen LogP contribution in [0.4, 0.5) is 0 Å². The Kier molecular flexibility index (Phi) is 3.55. The van der Waals surface area contributed by atoms with Crippen LogP contribution < -0.4 is 0 Å². The highest BCUT2D eigenvalue weighted by molar-refractivity contribution is 5.13. The van der Waals surface area contributed by atoms with Crippen molar-refractivity contribution in [3.05, 3.63) is 48.0 Å². The van der Waals surface area contributed by atoms with Gasteiger partial charge < -0.3 is 4.74 Å². The fourth-order valence-corrected chi connectivity index (χ4v) is 0.917. The average molecular weight is 162 g/mol. The molecule has 0 N–H and O–H groups in total. The normalized spacial score (nSPS) is 9.75. The molecule has 0 aromatic heterocycles. The van der Waals surface area contributed by atoms with Gasteiger partial charge in [-0.1, -0.05) is 42.5 Å². The summed E-state index contributed by atoms with van der Waals surface area (Å²) in [5.74, 6) is 0. The Morgan fingerprint density at radius 2 is 2.00 bits per heavy atom. The molecule has 0 atom stereocenters. The largest absolute Gasteiger partial charge is 0.372 e. The minimum absolute atomic E-state index is 0.648. The summed E-state index contributed by atoms with van der Waals surface area (Å²) in [5.41, 5.74) is 2.27. The van der Waals surface area contributed by atoms with Gasteiger partial charge in [0, 0.05) is 0 Å². The molecular weight excluding hydrogens is 148 g/mol. The van der Waals surface area contributed by atoms with Gasteiger partial charge in [-0.2, -0.15) is 0 Å². The fourth-order valence-electron chi connectivity index (χ4n) is 0.917. The van der Waals surface area contributed by atoms with Crippen LogP contribution in [0.2, 0.25) is 0 Å². The monoisotopic (exact) mass is 162 g/mol. The smallest absolute Gasteiger partial charge is 0.0721 e. The van der Waals surface area contributed by atoms with Gasteiger partial charge in [0.25, 0.3) is 0 Å². The van der Waals surface area contributed by atoms with Crippen molar-refractivity contribution in [2.24, 2.45) is 0 Å². The molecule has 0 unspecified atom stereocenters. The van der Waals surface area contributed by atoms with E-state index in [1.54, 1.807) is 0 Å². The van der Waals surface area contributed by atoms with E-state index >= 15 is 0 Å². The van der Waals surface area contributed by atoms with Gasteiger partial charge in [0.15, 0.2) is 0 Å². The van der Waals surface area contributed by atoms with Gasteiger partial charge in [-0.3, -0.25) is 0 Å². The molecule has 0 saturated heterocycles. The molecule has 1 nitrogen and oxygen atoms in total. The van der Waals surface area contributed by atoms with Gasteiger partial charge in [-0.15, -0.1) is 0 Å². The molecule has 1 aromatic rings. The maximum Gasteiger partial charge on any atom is 0.0721 e. The van der Waals surface area contributed by atoms with Crippen LogP contribution in [0.5, 0.6) is 0 Å². The molecule has 0 aliphatic rings. The van der Waals surface area contributed by atoms with E-state index in [0.717, 1.165) is 5.57 Å². The molecule has 0 fully saturated rings. The molecule has 0 bridgehead atoms. The predicted molar refractivity (Wildman–Crippen MR) is 50.9 cm³/mol. The van der Waals surface area contributed by atoms with E-state index in [0.29, 0.717) is 13.2 Å². The summed E-state index contributed by atoms with van der Waals surface area (Å²) in [7, 11) is 0. The van der Waals surface area contributed by atoms with Crippen LogP contribution in [0, 0.1) is 0 Å². The summed E-state index contributed by atoms with van der Waals surface area (Å²) >= 11 is 0. The first-order valence-corrected chi connectivity index (χ1v) is 4.05. The van der Waals surface area contributed by atoms with Crippen molar-refractivity contribution in [2.75, 3.05) is 6.61 Å². The second kappa shape index (κ2) is 4.73. The zero-order valence-electron chi connectivity index (χ0n) is 7.42. The second-order valence-corrected chi connectivity index (χ2v) is 2.94. The van der Waals surface area contributed by atoms with Gasteiger partial charge in [-0.25, -0.2) is 0 Å². The van der Waals surface area contributed by atoms with E-state index in [1.807, 2.05) is 25.1 Å². The summed E-state index contributed by atoms with van der Waals surface area (Å²) in [5, 5.41) is 0. The third-order valence-electron chi connectivity index (χ3n) is 1.46. The quantitative estimate of drug-likeness (QED) is 0.618. The zero-order chi connectivity index (χ0) is 8.81. The molecule has 0 amide bonds. The zero-order valence-corrected chi connectivity index (χ0v) is 7.42. The minimum Gasteiger partial charge on any atom is -0.372 e. The van der Waals surface area contributed by atoms with Crippen molar-refractivity contribution >= 4 is 0 Å². The molecule has 0 aliphatic carbocycles. The van der Waals surface area contributed by atoms with Crippen LogP contribution in [0.15, 0.2) is 42.5 Å². The summed E-state index contributed by atoms with van der Waals surface area (Å²) in [4.78, 5) is 0. The Morgan fingerprint density at radius 3 is 2.58 bits per heavy atom. The Hall–Kier alpha value is -1.08. The van der Waals surface area contributed by atoms with E-state index in [4.69, 9.17) is 4.74 Å². The van der Waals surface area contributed by atoms with Gasteiger partial charge >= 0.3 is 0 Å². The Bertz CT molecular complexity index is 238. The van der Waals surface area contributed by atoms with E-state index in [1.165, 1.54) is 5.56 Å². The molecule has 0 saturated carbocycles. The van der Waals surface area contributed by atoms with E-state index < -0.39 is 0 Å². The Balaban J connectivity index is 2.29. The lowest BCUT2D eigenvalue weighted by Gasteiger charge is -2.02. The van der Waals surface area contributed by atoms with Crippen molar-refractivity contribution in [1.29, 1.82) is 0 Å². The molecule has 1 heteroatoms. The first-order chi connectivity index (χ1) is 5.79. The summed E-state index contributed by atoms with van der Waals surface area (Å²) in [6.45, 7) is 7.05. The first-order valence-electron chi connectivity index (χ1n) is 4.05. The molecule has 0 spiro atoms. The SMILES string of the molecule is C=C(C)COCc1ccccc1. The van der Waals surface area contributed by atoms with Crippen molar-refractivity contribution in [1.82, 2.24) is 0 Å². The van der Waals surface area contributed by atoms with E-state index in [2.05, 4.69) is 18.7 Å². The van der Waals surface area contributed by atoms with Crippen molar-refractivity contribution in [2.45, 2.75) is 13.5 Å². The highest BCUT2D eigenvalue weighted by Crippen LogP contribution is 2.01. The van der Waals surface area contributed by atoms with Crippen LogP contribution in [-0.4, -0.2) is 6.61 Å². The predicted octanol–water partition coefficient (Wildman–Crippen LogP) is 2.78. The van der Waals surface area contributed by atoms with Crippen LogP contribution in [0.1, 0.15) is 12.5 Å². The summed E-state index contributed by atoms with van der Waals surface area (Å²) < 4.78 is 5.38. The molecule has 0 radical (unpaired) electrons. The number of hydrogen-bond donors (Lipinski definition) is 0. The molecular formula is C11H14O. The third-order valence-corrected chi connectivity index (χ3v) is 1.46. The van der Waals surface area contributed by atoms with E-state index in [-0.39, 0.29) is 0 Å². The Morgan fingerprint density at radius 1 is 1.33 bits per heavy atom. The second-order valence-electron chi connectivity index (χ2n) is 2.94. The van der Waals surface area contributed by atoms with Crippen LogP contribution in [0.3, 0.4) is 0 Å². The lowest BCUT2D eigenvalue weighted by atomic mass is 10.2. The number of hydrogen-bond acceptors (Lipinski definition) is 1. The molecule has 0 heterocycles. The lowest BCUT2D eigenvalue weighted by molar-refractivity contribution is 0.143. The minimum atomic E-state index is 0.648. The lowest BCUT2D eigenvalue weighted by Crippen LogP contribution is -1.95. The molecule has 12 heavy (non-hydrogen) atoms. The van der Waals surface area contributed by atoms with Crippen LogP contribution in [-0.2, 0) is 11.3 Å². The highest BCUT2D eigenvalue weighted by atomic mass is 16.5. The number of ether oxygens (including phenoxy) is 1. The van der Waals surface area contributed by atoms with Crippen LogP contribution in [0.25, 0.3) is 0 Å². The van der Waals surface area contributed by atoms with Crippen LogP contribution >= 0.6 is 0 Å². The number of benzene rings is 1. The van der Waals surface area contributed by atoms with Gasteiger partial charge in [0.1, 0.15) is 0 Å². The topological polar surface area (TPSA) is 9.23 Å². The van der Waals surface area contributed by atoms with E-state index in [9.17, 15) is 0 Å². The third kappa shape index (κ3) is 3.35. The summed E-state index contributed by atoms with van der Waals surface area (Å²) in [6.07, 6.45) is 0. The fraction of sp³-hybridized carbons (Fsp3) is 0.273. The van der Waals surface area contributed by atoms with Crippen molar-refractivity contribution in [3.8, 4) is 0 Å². The maximum atomic E-state index is 5.38. The molecule has 1 rings (SSSR count). The molecule has 1 aromatic carbocycles. The standard InChI is InChI=1S/C11H14O/c1-10(2)8-12-9-11-6-4-3-5-7-11/h3-7H,1,8-9H2,2H3. The van der Waals surface area contributed by atoms with Gasteiger partial charge in [0.2, 0.25) is 0 Å². The summed E-state index contributed by atoms with van der Waals surface area (Å²) in [6, 6.07) is 10.1. The van der Waals surface area contributed by atoms with Crippen molar-refractivity contribution in [3.63, 3.8) is 0 Å². The van der Waals surface area contributed by atoms with Gasteiger partial charge in [-0.05, 0) is 12.5 Å². The molecule has 0 aliphatic heterocycles. The van der Waals surface area contributed by atoms with Crippen molar-refractivity contribution < 1.29 is 4.74 Å². The number of rotatable bonds is 4. The highest BCUT2D eigenvalue weighted by Gasteiger charge is 1.90. The Labute approximate surface area is 73.7 Å². The first kappa shape index (κ1) is 9.01. The molecule has 64 valence electrons.